The summed E-state index contributed by atoms with van der Waals surface area (Å²) in [6, 6.07) is 1.72. The first-order valence-corrected chi connectivity index (χ1v) is 9.63. The van der Waals surface area contributed by atoms with E-state index in [1.807, 2.05) is 19.2 Å². The molecule has 3 heterocycles. The molecule has 0 saturated carbocycles. The normalized spacial score (nSPS) is 20.1. The van der Waals surface area contributed by atoms with E-state index in [1.165, 1.54) is 11.8 Å². The number of likely N-dealkylation sites (tertiary alicyclic amines) is 1. The van der Waals surface area contributed by atoms with Gasteiger partial charge in [0.15, 0.2) is 0 Å². The largest absolute Gasteiger partial charge is 0.355 e. The number of hydrogen-bond donors (Lipinski definition) is 2. The molecule has 1 fully saturated rings. The van der Waals surface area contributed by atoms with Crippen molar-refractivity contribution in [2.24, 2.45) is 0 Å². The molecule has 2 aromatic rings. The Hall–Kier alpha value is -2.32. The van der Waals surface area contributed by atoms with Gasteiger partial charge in [-0.3, -0.25) is 19.5 Å². The number of carbonyl (C=O) groups is 2. The van der Waals surface area contributed by atoms with E-state index >= 15 is 0 Å². The second-order valence-corrected chi connectivity index (χ2v) is 7.20. The van der Waals surface area contributed by atoms with Crippen molar-refractivity contribution in [2.45, 2.75) is 38.9 Å². The molecule has 0 aromatic carbocycles. The van der Waals surface area contributed by atoms with E-state index in [2.05, 4.69) is 36.9 Å². The van der Waals surface area contributed by atoms with Crippen LogP contribution in [0.3, 0.4) is 0 Å². The number of nitrogens with zero attached hydrogens (tertiary/aromatic N) is 3. The quantitative estimate of drug-likeness (QED) is 0.798. The van der Waals surface area contributed by atoms with Gasteiger partial charge in [0.2, 0.25) is 5.91 Å². The summed E-state index contributed by atoms with van der Waals surface area (Å²) in [7, 11) is 0. The van der Waals surface area contributed by atoms with Crippen molar-refractivity contribution in [2.75, 3.05) is 13.1 Å². The van der Waals surface area contributed by atoms with Crippen LogP contribution in [-0.4, -0.2) is 51.9 Å². The lowest BCUT2D eigenvalue weighted by Gasteiger charge is -2.22. The predicted molar refractivity (Wildman–Crippen MR) is 99.8 cm³/mol. The first-order valence-electron chi connectivity index (χ1n) is 8.69. The Labute approximate surface area is 156 Å². The van der Waals surface area contributed by atoms with Crippen LogP contribution in [0.2, 0.25) is 0 Å². The third kappa shape index (κ3) is 4.44. The number of hydrogen-bond acceptors (Lipinski definition) is 6. The highest BCUT2D eigenvalue weighted by molar-refractivity contribution is 7.07. The third-order valence-corrected chi connectivity index (χ3v) is 5.10. The van der Waals surface area contributed by atoms with Gasteiger partial charge >= 0.3 is 0 Å². The number of aromatic nitrogens is 2. The van der Waals surface area contributed by atoms with Crippen molar-refractivity contribution in [1.29, 1.82) is 0 Å². The third-order valence-electron chi connectivity index (χ3n) is 4.37. The number of rotatable bonds is 6. The first-order chi connectivity index (χ1) is 12.6. The zero-order chi connectivity index (χ0) is 18.5. The highest BCUT2D eigenvalue weighted by Gasteiger charge is 2.37. The molecule has 1 saturated heterocycles. The van der Waals surface area contributed by atoms with Gasteiger partial charge in [-0.25, -0.2) is 4.98 Å². The van der Waals surface area contributed by atoms with Crippen LogP contribution in [-0.2, 0) is 11.3 Å². The zero-order valence-corrected chi connectivity index (χ0v) is 15.8. The summed E-state index contributed by atoms with van der Waals surface area (Å²) in [5.74, 6) is -0.246. The molecule has 7 nitrogen and oxygen atoms in total. The average Bonchev–Trinajstić information content (AvgIpc) is 3.26. The fourth-order valence-corrected chi connectivity index (χ4v) is 3.79. The van der Waals surface area contributed by atoms with Crippen LogP contribution in [0.25, 0.3) is 0 Å². The second-order valence-electron chi connectivity index (χ2n) is 6.42. The van der Waals surface area contributed by atoms with Gasteiger partial charge < -0.3 is 10.6 Å². The van der Waals surface area contributed by atoms with Gasteiger partial charge in [0, 0.05) is 31.9 Å². The maximum atomic E-state index is 12.4. The van der Waals surface area contributed by atoms with Gasteiger partial charge in [-0.15, -0.1) is 0 Å². The number of thiophene rings is 1. The Balaban J connectivity index is 1.67. The Kier molecular flexibility index (Phi) is 5.95. The Morgan fingerprint density at radius 3 is 2.85 bits per heavy atom. The number of likely N-dealkylation sites (N-methyl/N-ethyl adjacent to an activating group) is 1. The Morgan fingerprint density at radius 1 is 1.35 bits per heavy atom. The maximum absolute atomic E-state index is 12.4. The van der Waals surface area contributed by atoms with Crippen LogP contribution in [0, 0.1) is 6.92 Å². The highest BCUT2D eigenvalue weighted by Crippen LogP contribution is 2.22. The fraction of sp³-hybridized carbons (Fsp3) is 0.444. The van der Waals surface area contributed by atoms with Crippen molar-refractivity contribution >= 4 is 23.2 Å². The molecule has 0 aliphatic carbocycles. The van der Waals surface area contributed by atoms with Gasteiger partial charge in [-0.1, -0.05) is 0 Å². The van der Waals surface area contributed by atoms with Crippen LogP contribution in [0.15, 0.2) is 29.2 Å². The molecule has 2 N–H and O–H groups in total. The van der Waals surface area contributed by atoms with E-state index in [4.69, 9.17) is 0 Å². The molecule has 26 heavy (non-hydrogen) atoms. The van der Waals surface area contributed by atoms with E-state index in [0.29, 0.717) is 31.7 Å². The van der Waals surface area contributed by atoms with Crippen LogP contribution in [0.1, 0.15) is 35.1 Å². The van der Waals surface area contributed by atoms with E-state index in [9.17, 15) is 9.59 Å². The lowest BCUT2D eigenvalue weighted by molar-refractivity contribution is -0.125. The molecule has 0 radical (unpaired) electrons. The average molecular weight is 373 g/mol. The monoisotopic (exact) mass is 373 g/mol. The second kappa shape index (κ2) is 8.37. The molecule has 3 rings (SSSR count). The number of amides is 2. The van der Waals surface area contributed by atoms with Crippen LogP contribution in [0.5, 0.6) is 0 Å². The van der Waals surface area contributed by atoms with E-state index in [0.717, 1.165) is 5.69 Å². The summed E-state index contributed by atoms with van der Waals surface area (Å²) < 4.78 is 0. The van der Waals surface area contributed by atoms with Crippen molar-refractivity contribution in [3.8, 4) is 0 Å². The van der Waals surface area contributed by atoms with Gasteiger partial charge in [-0.2, -0.15) is 11.3 Å². The summed E-state index contributed by atoms with van der Waals surface area (Å²) in [4.78, 5) is 35.2. The molecule has 138 valence electrons. The zero-order valence-electron chi connectivity index (χ0n) is 14.9. The minimum absolute atomic E-state index is 0.00889. The summed E-state index contributed by atoms with van der Waals surface area (Å²) in [5, 5.41) is 10.0. The Morgan fingerprint density at radius 2 is 2.19 bits per heavy atom. The molecule has 1 aliphatic heterocycles. The minimum atomic E-state index is -0.255. The molecule has 2 atom stereocenters. The summed E-state index contributed by atoms with van der Waals surface area (Å²) >= 11 is 1.64. The first kappa shape index (κ1) is 18.5. The molecule has 2 aromatic heterocycles. The molecule has 2 unspecified atom stereocenters. The molecular weight excluding hydrogens is 350 g/mol. The summed E-state index contributed by atoms with van der Waals surface area (Å²) in [5.41, 5.74) is 2.24. The minimum Gasteiger partial charge on any atom is -0.355 e. The van der Waals surface area contributed by atoms with Gasteiger partial charge in [0.25, 0.3) is 5.91 Å². The SMILES string of the molecule is CCNC(=O)C1CC(NC(=O)c2cnc(C)cn2)CN1Cc1ccsc1. The van der Waals surface area contributed by atoms with E-state index in [1.54, 1.807) is 17.5 Å². The summed E-state index contributed by atoms with van der Waals surface area (Å²) in [6.07, 6.45) is 3.63. The lowest BCUT2D eigenvalue weighted by atomic mass is 10.1. The van der Waals surface area contributed by atoms with Crippen molar-refractivity contribution < 1.29 is 9.59 Å². The van der Waals surface area contributed by atoms with E-state index < -0.39 is 0 Å². The topological polar surface area (TPSA) is 87.2 Å². The van der Waals surface area contributed by atoms with Crippen LogP contribution < -0.4 is 10.6 Å². The molecule has 0 bridgehead atoms. The number of nitrogens with one attached hydrogen (secondary N) is 2. The summed E-state index contributed by atoms with van der Waals surface area (Å²) in [6.45, 7) is 5.65. The number of aryl methyl sites for hydroxylation is 1. The van der Waals surface area contributed by atoms with Crippen LogP contribution >= 0.6 is 11.3 Å². The smallest absolute Gasteiger partial charge is 0.271 e. The van der Waals surface area contributed by atoms with Crippen molar-refractivity contribution in [1.82, 2.24) is 25.5 Å². The van der Waals surface area contributed by atoms with Crippen molar-refractivity contribution in [3.05, 3.63) is 46.2 Å². The molecule has 2 amide bonds. The number of carbonyl (C=O) groups excluding carboxylic acids is 2. The molecular formula is C18H23N5O2S. The fourth-order valence-electron chi connectivity index (χ4n) is 3.13. The van der Waals surface area contributed by atoms with Gasteiger partial charge in [0.05, 0.1) is 17.9 Å². The molecule has 0 spiro atoms. The molecule has 8 heteroatoms. The van der Waals surface area contributed by atoms with E-state index in [-0.39, 0.29) is 23.9 Å². The predicted octanol–water partition coefficient (Wildman–Crippen LogP) is 1.36. The standard InChI is InChI=1S/C18H23N5O2S/c1-3-19-18(25)16-6-14(10-23(16)9-13-4-5-26-11-13)22-17(24)15-8-20-12(2)7-21-15/h4-5,7-8,11,14,16H,3,6,9-10H2,1-2H3,(H,19,25)(H,22,24). The highest BCUT2D eigenvalue weighted by atomic mass is 32.1. The van der Waals surface area contributed by atoms with Crippen molar-refractivity contribution in [3.63, 3.8) is 0 Å². The lowest BCUT2D eigenvalue weighted by Crippen LogP contribution is -2.42. The van der Waals surface area contributed by atoms with Gasteiger partial charge in [-0.05, 0) is 42.7 Å². The van der Waals surface area contributed by atoms with Crippen LogP contribution in [0.4, 0.5) is 0 Å². The maximum Gasteiger partial charge on any atom is 0.271 e. The Bertz CT molecular complexity index is 747. The van der Waals surface area contributed by atoms with Gasteiger partial charge in [0.1, 0.15) is 5.69 Å². The molecule has 1 aliphatic rings.